The van der Waals surface area contributed by atoms with Gasteiger partial charge in [0.15, 0.2) is 0 Å². The Morgan fingerprint density at radius 2 is 2.25 bits per heavy atom. The van der Waals surface area contributed by atoms with Crippen LogP contribution in [0.5, 0.6) is 0 Å². The van der Waals surface area contributed by atoms with Gasteiger partial charge in [0, 0.05) is 5.03 Å². The Labute approximate surface area is 99.7 Å². The quantitative estimate of drug-likeness (QED) is 0.872. The summed E-state index contributed by atoms with van der Waals surface area (Å²) >= 11 is 5.58. The normalized spacial score (nSPS) is 9.94. The third-order valence-electron chi connectivity index (χ3n) is 2.01. The number of aromatic nitrogens is 2. The monoisotopic (exact) mass is 239 g/mol. The maximum absolute atomic E-state index is 11.8. The third kappa shape index (κ3) is 3.31. The van der Waals surface area contributed by atoms with E-state index in [4.69, 9.17) is 11.6 Å². The van der Waals surface area contributed by atoms with Crippen molar-refractivity contribution in [3.8, 4) is 0 Å². The van der Waals surface area contributed by atoms with Gasteiger partial charge in [0.2, 0.25) is 0 Å². The molecule has 0 fully saturated rings. The number of nitrogens with zero attached hydrogens (tertiary/aromatic N) is 2. The molecule has 1 N–H and O–H groups in total. The highest BCUT2D eigenvalue weighted by Crippen LogP contribution is 2.07. The van der Waals surface area contributed by atoms with Crippen LogP contribution in [0.4, 0.5) is 0 Å². The van der Waals surface area contributed by atoms with E-state index >= 15 is 0 Å². The van der Waals surface area contributed by atoms with Crippen LogP contribution < -0.4 is 5.32 Å². The van der Waals surface area contributed by atoms with E-state index in [0.717, 1.165) is 0 Å². The molecule has 0 radical (unpaired) electrons. The van der Waals surface area contributed by atoms with Gasteiger partial charge in [0.05, 0.1) is 23.5 Å². The lowest BCUT2D eigenvalue weighted by atomic mass is 10.1. The molecule has 0 aliphatic heterocycles. The lowest BCUT2D eigenvalue weighted by Crippen LogP contribution is -2.26. The molecule has 1 aromatic rings. The van der Waals surface area contributed by atoms with Crippen LogP contribution in [-0.4, -0.2) is 22.6 Å². The SMILES string of the molecule is C=C(Cl)CNC(=O)c1cc(C)nnc1CC. The van der Waals surface area contributed by atoms with Crippen molar-refractivity contribution >= 4 is 17.5 Å². The number of halogens is 1. The predicted molar refractivity (Wildman–Crippen MR) is 63.5 cm³/mol. The summed E-state index contributed by atoms with van der Waals surface area (Å²) in [7, 11) is 0. The van der Waals surface area contributed by atoms with Gasteiger partial charge >= 0.3 is 0 Å². The molecule has 0 aliphatic rings. The number of amides is 1. The molecule has 1 rings (SSSR count). The Bertz CT molecular complexity index is 418. The van der Waals surface area contributed by atoms with Crippen LogP contribution in [0.25, 0.3) is 0 Å². The fourth-order valence-electron chi connectivity index (χ4n) is 1.24. The number of rotatable bonds is 4. The second kappa shape index (κ2) is 5.61. The van der Waals surface area contributed by atoms with Gasteiger partial charge in [-0.2, -0.15) is 10.2 Å². The van der Waals surface area contributed by atoms with Crippen molar-refractivity contribution in [2.24, 2.45) is 0 Å². The standard InChI is InChI=1S/C11H14ClN3O/c1-4-10-9(5-8(3)14-15-10)11(16)13-6-7(2)12/h5H,2,4,6H2,1,3H3,(H,13,16). The number of hydrogen-bond donors (Lipinski definition) is 1. The number of nitrogens with one attached hydrogen (secondary N) is 1. The molecule has 0 aromatic carbocycles. The second-order valence-electron chi connectivity index (χ2n) is 3.40. The fourth-order valence-corrected chi connectivity index (χ4v) is 1.31. The summed E-state index contributed by atoms with van der Waals surface area (Å²) in [5, 5.41) is 10.9. The number of aryl methyl sites for hydroxylation is 2. The van der Waals surface area contributed by atoms with Gasteiger partial charge in [-0.3, -0.25) is 4.79 Å². The zero-order valence-corrected chi connectivity index (χ0v) is 10.1. The minimum Gasteiger partial charge on any atom is -0.347 e. The Morgan fingerprint density at radius 1 is 1.56 bits per heavy atom. The zero-order chi connectivity index (χ0) is 12.1. The molecule has 0 saturated heterocycles. The molecule has 4 nitrogen and oxygen atoms in total. The van der Waals surface area contributed by atoms with Crippen LogP contribution in [0.15, 0.2) is 17.7 Å². The van der Waals surface area contributed by atoms with Crippen LogP contribution >= 0.6 is 11.6 Å². The van der Waals surface area contributed by atoms with Gasteiger partial charge < -0.3 is 5.32 Å². The summed E-state index contributed by atoms with van der Waals surface area (Å²) < 4.78 is 0. The molecule has 1 aromatic heterocycles. The molecule has 0 aliphatic carbocycles. The van der Waals surface area contributed by atoms with Crippen molar-refractivity contribution in [3.63, 3.8) is 0 Å². The number of hydrogen-bond acceptors (Lipinski definition) is 3. The van der Waals surface area contributed by atoms with Crippen LogP contribution in [0.3, 0.4) is 0 Å². The van der Waals surface area contributed by atoms with Gasteiger partial charge in [-0.1, -0.05) is 25.1 Å². The molecule has 0 bridgehead atoms. The molecule has 1 amide bonds. The Morgan fingerprint density at radius 3 is 2.81 bits per heavy atom. The maximum atomic E-state index is 11.8. The summed E-state index contributed by atoms with van der Waals surface area (Å²) in [5.74, 6) is -0.198. The predicted octanol–water partition coefficient (Wildman–Crippen LogP) is 1.83. The van der Waals surface area contributed by atoms with Crippen LogP contribution in [0.2, 0.25) is 0 Å². The van der Waals surface area contributed by atoms with Crippen molar-refractivity contribution in [2.45, 2.75) is 20.3 Å². The summed E-state index contributed by atoms with van der Waals surface area (Å²) in [6, 6.07) is 1.72. The molecule has 5 heteroatoms. The summed E-state index contributed by atoms with van der Waals surface area (Å²) in [6.07, 6.45) is 0.665. The molecule has 86 valence electrons. The van der Waals surface area contributed by atoms with E-state index in [-0.39, 0.29) is 12.5 Å². The molecule has 1 heterocycles. The molecular weight excluding hydrogens is 226 g/mol. The highest BCUT2D eigenvalue weighted by molar-refractivity contribution is 6.29. The molecule has 16 heavy (non-hydrogen) atoms. The molecule has 0 saturated carbocycles. The van der Waals surface area contributed by atoms with Gasteiger partial charge in [0.1, 0.15) is 0 Å². The van der Waals surface area contributed by atoms with E-state index < -0.39 is 0 Å². The van der Waals surface area contributed by atoms with Gasteiger partial charge in [-0.05, 0) is 19.4 Å². The van der Waals surface area contributed by atoms with Gasteiger partial charge in [-0.25, -0.2) is 0 Å². The Kier molecular flexibility index (Phi) is 4.43. The first-order valence-corrected chi connectivity index (χ1v) is 5.37. The molecule has 0 spiro atoms. The smallest absolute Gasteiger partial charge is 0.253 e. The van der Waals surface area contributed by atoms with E-state index in [2.05, 4.69) is 22.1 Å². The molecule has 0 atom stereocenters. The van der Waals surface area contributed by atoms with Crippen LogP contribution in [0, 0.1) is 6.92 Å². The summed E-state index contributed by atoms with van der Waals surface area (Å²) in [5.41, 5.74) is 1.95. The van der Waals surface area contributed by atoms with Crippen LogP contribution in [0.1, 0.15) is 28.7 Å². The highest BCUT2D eigenvalue weighted by Gasteiger charge is 2.12. The van der Waals surface area contributed by atoms with Crippen molar-refractivity contribution in [1.29, 1.82) is 0 Å². The molecular formula is C11H14ClN3O. The highest BCUT2D eigenvalue weighted by atomic mass is 35.5. The van der Waals surface area contributed by atoms with Crippen molar-refractivity contribution in [1.82, 2.24) is 15.5 Å². The lowest BCUT2D eigenvalue weighted by Gasteiger charge is -2.07. The average Bonchev–Trinajstić information content (AvgIpc) is 2.25. The Balaban J connectivity index is 2.88. The third-order valence-corrected chi connectivity index (χ3v) is 2.15. The average molecular weight is 240 g/mol. The fraction of sp³-hybridized carbons (Fsp3) is 0.364. The molecule has 0 unspecified atom stereocenters. The van der Waals surface area contributed by atoms with Crippen molar-refractivity contribution < 1.29 is 4.79 Å². The minimum atomic E-state index is -0.198. The number of carbonyl (C=O) groups excluding carboxylic acids is 1. The largest absolute Gasteiger partial charge is 0.347 e. The van der Waals surface area contributed by atoms with Gasteiger partial charge in [0.25, 0.3) is 5.91 Å². The van der Waals surface area contributed by atoms with Crippen molar-refractivity contribution in [3.05, 3.63) is 34.6 Å². The van der Waals surface area contributed by atoms with E-state index in [9.17, 15) is 4.79 Å². The summed E-state index contributed by atoms with van der Waals surface area (Å²) in [4.78, 5) is 11.8. The first-order valence-electron chi connectivity index (χ1n) is 4.99. The Hall–Kier alpha value is -1.42. The first-order chi connectivity index (χ1) is 7.54. The van der Waals surface area contributed by atoms with E-state index in [1.54, 1.807) is 13.0 Å². The van der Waals surface area contributed by atoms with E-state index in [1.165, 1.54) is 0 Å². The van der Waals surface area contributed by atoms with E-state index in [1.807, 2.05) is 6.92 Å². The lowest BCUT2D eigenvalue weighted by molar-refractivity contribution is 0.0956. The topological polar surface area (TPSA) is 54.9 Å². The maximum Gasteiger partial charge on any atom is 0.253 e. The number of carbonyl (C=O) groups is 1. The van der Waals surface area contributed by atoms with E-state index in [0.29, 0.717) is 28.4 Å². The minimum absolute atomic E-state index is 0.198. The second-order valence-corrected chi connectivity index (χ2v) is 3.93. The zero-order valence-electron chi connectivity index (χ0n) is 9.38. The summed E-state index contributed by atoms with van der Waals surface area (Å²) in [6.45, 7) is 7.48. The van der Waals surface area contributed by atoms with Crippen LogP contribution in [-0.2, 0) is 6.42 Å². The first kappa shape index (κ1) is 12.6. The van der Waals surface area contributed by atoms with Gasteiger partial charge in [-0.15, -0.1) is 0 Å². The van der Waals surface area contributed by atoms with Crippen molar-refractivity contribution in [2.75, 3.05) is 6.54 Å².